The monoisotopic (exact) mass is 495 g/mol. The number of carbonyl (C=O) groups excluding carboxylic acids is 2. The zero-order chi connectivity index (χ0) is 24.7. The summed E-state index contributed by atoms with van der Waals surface area (Å²) in [4.78, 5) is 29.2. The summed E-state index contributed by atoms with van der Waals surface area (Å²) in [5, 5.41) is 2.88. The molecule has 180 valence electrons. The zero-order valence-corrected chi connectivity index (χ0v) is 20.0. The van der Waals surface area contributed by atoms with E-state index in [1.807, 2.05) is 25.1 Å². The maximum absolute atomic E-state index is 14.5. The van der Waals surface area contributed by atoms with Gasteiger partial charge in [0, 0.05) is 41.2 Å². The van der Waals surface area contributed by atoms with Crippen molar-refractivity contribution in [2.24, 2.45) is 0 Å². The van der Waals surface area contributed by atoms with Gasteiger partial charge in [-0.25, -0.2) is 13.6 Å². The number of ether oxygens (including phenoxy) is 1. The molecule has 1 N–H and O–H groups in total. The summed E-state index contributed by atoms with van der Waals surface area (Å²) < 4.78 is 33.2. The van der Waals surface area contributed by atoms with E-state index in [2.05, 4.69) is 5.32 Å². The van der Waals surface area contributed by atoms with Crippen molar-refractivity contribution in [1.82, 2.24) is 4.90 Å². The van der Waals surface area contributed by atoms with E-state index in [-0.39, 0.29) is 18.0 Å². The van der Waals surface area contributed by atoms with Crippen LogP contribution in [0.4, 0.5) is 25.0 Å². The standard InChI is InChI=1S/C26H23F2N3O3S/c1-16-6-9-23-21(12-16)26(24(32)30(23)15-17-7-8-18(27)13-22(17)28)31(10-11-35-26)25(33)29-19-4-3-5-20(14-19)34-2/h3-9,12-14H,10-11,15H2,1-2H3,(H,29,33). The zero-order valence-electron chi connectivity index (χ0n) is 19.2. The number of fused-ring (bicyclic) bond motifs is 2. The van der Waals surface area contributed by atoms with Gasteiger partial charge in [-0.05, 0) is 31.2 Å². The Morgan fingerprint density at radius 2 is 1.97 bits per heavy atom. The number of methoxy groups -OCH3 is 1. The number of nitrogens with one attached hydrogen (secondary N) is 1. The molecule has 1 atom stereocenters. The van der Waals surface area contributed by atoms with Gasteiger partial charge >= 0.3 is 6.03 Å². The summed E-state index contributed by atoms with van der Waals surface area (Å²) in [6, 6.07) is 15.5. The Morgan fingerprint density at radius 3 is 2.74 bits per heavy atom. The highest BCUT2D eigenvalue weighted by molar-refractivity contribution is 8.01. The van der Waals surface area contributed by atoms with Crippen LogP contribution in [0, 0.1) is 18.6 Å². The molecule has 3 aromatic carbocycles. The Kier molecular flexibility index (Phi) is 5.88. The molecule has 1 unspecified atom stereocenters. The van der Waals surface area contributed by atoms with E-state index >= 15 is 0 Å². The molecule has 5 rings (SSSR count). The molecule has 0 radical (unpaired) electrons. The Labute approximate surface area is 205 Å². The number of anilines is 2. The number of nitrogens with zero attached hydrogens (tertiary/aromatic N) is 2. The van der Waals surface area contributed by atoms with E-state index < -0.39 is 22.5 Å². The van der Waals surface area contributed by atoms with Gasteiger partial charge in [0.25, 0.3) is 5.91 Å². The number of urea groups is 1. The molecule has 2 aliphatic heterocycles. The first kappa shape index (κ1) is 23.2. The summed E-state index contributed by atoms with van der Waals surface area (Å²) >= 11 is 1.38. The second-order valence-corrected chi connectivity index (χ2v) is 9.74. The number of carbonyl (C=O) groups is 2. The molecule has 0 aliphatic carbocycles. The summed E-state index contributed by atoms with van der Waals surface area (Å²) in [6.45, 7) is 2.20. The van der Waals surface area contributed by atoms with Gasteiger partial charge in [-0.2, -0.15) is 0 Å². The van der Waals surface area contributed by atoms with Gasteiger partial charge in [-0.1, -0.05) is 29.8 Å². The normalized spacial score (nSPS) is 18.8. The lowest BCUT2D eigenvalue weighted by Gasteiger charge is -2.33. The molecule has 1 saturated heterocycles. The van der Waals surface area contributed by atoms with Crippen molar-refractivity contribution in [3.8, 4) is 5.75 Å². The average Bonchev–Trinajstić information content (AvgIpc) is 3.38. The topological polar surface area (TPSA) is 61.9 Å². The van der Waals surface area contributed by atoms with Crippen molar-refractivity contribution in [3.63, 3.8) is 0 Å². The molecule has 35 heavy (non-hydrogen) atoms. The summed E-state index contributed by atoms with van der Waals surface area (Å²) in [5.41, 5.74) is 2.97. The maximum Gasteiger partial charge on any atom is 0.323 e. The second kappa shape index (κ2) is 8.88. The molecular formula is C26H23F2N3O3S. The Morgan fingerprint density at radius 1 is 1.14 bits per heavy atom. The number of hydrogen-bond donors (Lipinski definition) is 1. The maximum atomic E-state index is 14.5. The number of amides is 3. The van der Waals surface area contributed by atoms with Crippen molar-refractivity contribution in [3.05, 3.63) is 89.0 Å². The van der Waals surface area contributed by atoms with E-state index in [0.717, 1.165) is 11.6 Å². The molecule has 2 aliphatic rings. The van der Waals surface area contributed by atoms with Crippen LogP contribution < -0.4 is 15.0 Å². The minimum Gasteiger partial charge on any atom is -0.497 e. The van der Waals surface area contributed by atoms with Gasteiger partial charge in [0.1, 0.15) is 17.4 Å². The Hall–Kier alpha value is -3.59. The number of aryl methyl sites for hydroxylation is 1. The van der Waals surface area contributed by atoms with Crippen LogP contribution in [0.5, 0.6) is 5.75 Å². The summed E-state index contributed by atoms with van der Waals surface area (Å²) in [5.74, 6) is -0.579. The van der Waals surface area contributed by atoms with E-state index in [1.54, 1.807) is 36.3 Å². The second-order valence-electron chi connectivity index (χ2n) is 8.45. The van der Waals surface area contributed by atoms with Crippen molar-refractivity contribution in [2.45, 2.75) is 18.3 Å². The third kappa shape index (κ3) is 3.89. The first-order valence-corrected chi connectivity index (χ1v) is 12.1. The van der Waals surface area contributed by atoms with Crippen molar-refractivity contribution >= 4 is 35.1 Å². The number of rotatable bonds is 4. The van der Waals surface area contributed by atoms with Crippen LogP contribution >= 0.6 is 11.8 Å². The lowest BCUT2D eigenvalue weighted by molar-refractivity contribution is -0.123. The van der Waals surface area contributed by atoms with Crippen LogP contribution in [-0.4, -0.2) is 36.2 Å². The summed E-state index contributed by atoms with van der Waals surface area (Å²) in [6.07, 6.45) is 0. The van der Waals surface area contributed by atoms with E-state index in [0.29, 0.717) is 35.0 Å². The third-order valence-corrected chi connectivity index (χ3v) is 7.68. The molecule has 3 amide bonds. The SMILES string of the molecule is COc1cccc(NC(=O)N2CCSC23C(=O)N(Cc2ccc(F)cc2F)c2ccc(C)cc23)c1. The van der Waals surface area contributed by atoms with Crippen LogP contribution in [-0.2, 0) is 16.2 Å². The van der Waals surface area contributed by atoms with Crippen molar-refractivity contribution in [1.29, 1.82) is 0 Å². The van der Waals surface area contributed by atoms with Gasteiger partial charge in [-0.3, -0.25) is 9.69 Å². The quantitative estimate of drug-likeness (QED) is 0.536. The minimum atomic E-state index is -1.28. The van der Waals surface area contributed by atoms with Crippen LogP contribution in [0.3, 0.4) is 0 Å². The first-order chi connectivity index (χ1) is 16.8. The fourth-order valence-corrected chi connectivity index (χ4v) is 6.05. The Bertz CT molecular complexity index is 1330. The molecule has 6 nitrogen and oxygen atoms in total. The van der Waals surface area contributed by atoms with Gasteiger partial charge in [0.05, 0.1) is 19.3 Å². The largest absolute Gasteiger partial charge is 0.497 e. The number of halogens is 2. The van der Waals surface area contributed by atoms with Gasteiger partial charge in [0.15, 0.2) is 4.87 Å². The van der Waals surface area contributed by atoms with Crippen LogP contribution in [0.15, 0.2) is 60.7 Å². The molecule has 0 aromatic heterocycles. The number of thioether (sulfide) groups is 1. The lowest BCUT2D eigenvalue weighted by atomic mass is 10.0. The van der Waals surface area contributed by atoms with Crippen LogP contribution in [0.2, 0.25) is 0 Å². The van der Waals surface area contributed by atoms with Gasteiger partial charge < -0.3 is 15.0 Å². The van der Waals surface area contributed by atoms with Crippen molar-refractivity contribution in [2.75, 3.05) is 29.6 Å². The van der Waals surface area contributed by atoms with E-state index in [1.165, 1.54) is 28.8 Å². The smallest absolute Gasteiger partial charge is 0.323 e. The predicted molar refractivity (Wildman–Crippen MR) is 132 cm³/mol. The van der Waals surface area contributed by atoms with E-state index in [9.17, 15) is 18.4 Å². The molecule has 9 heteroatoms. The molecule has 2 heterocycles. The fourth-order valence-electron chi connectivity index (χ4n) is 4.60. The molecular weight excluding hydrogens is 472 g/mol. The van der Waals surface area contributed by atoms with Crippen LogP contribution in [0.1, 0.15) is 16.7 Å². The van der Waals surface area contributed by atoms with Gasteiger partial charge in [-0.15, -0.1) is 11.8 Å². The average molecular weight is 496 g/mol. The van der Waals surface area contributed by atoms with Gasteiger partial charge in [0.2, 0.25) is 0 Å². The van der Waals surface area contributed by atoms with Crippen LogP contribution in [0.25, 0.3) is 0 Å². The minimum absolute atomic E-state index is 0.0747. The molecule has 1 fully saturated rings. The highest BCUT2D eigenvalue weighted by atomic mass is 32.2. The molecule has 1 spiro atoms. The van der Waals surface area contributed by atoms with E-state index in [4.69, 9.17) is 4.74 Å². The first-order valence-electron chi connectivity index (χ1n) is 11.1. The lowest BCUT2D eigenvalue weighted by Crippen LogP contribution is -2.51. The molecule has 3 aromatic rings. The highest BCUT2D eigenvalue weighted by Crippen LogP contribution is 2.54. The molecule has 0 saturated carbocycles. The highest BCUT2D eigenvalue weighted by Gasteiger charge is 2.59. The predicted octanol–water partition coefficient (Wildman–Crippen LogP) is 5.26. The molecule has 0 bridgehead atoms. The fraction of sp³-hybridized carbons (Fsp3) is 0.231. The number of hydrogen-bond acceptors (Lipinski definition) is 4. The Balaban J connectivity index is 1.52. The summed E-state index contributed by atoms with van der Waals surface area (Å²) in [7, 11) is 1.54. The number of benzene rings is 3. The van der Waals surface area contributed by atoms with Crippen molar-refractivity contribution < 1.29 is 23.1 Å². The third-order valence-electron chi connectivity index (χ3n) is 6.26.